The minimum Gasteiger partial charge on any atom is -0.496 e. The maximum Gasteiger partial charge on any atom is 0.423 e. The fourth-order valence-electron chi connectivity index (χ4n) is 5.09. The number of allylic oxidation sites excluding steroid dienone is 1. The molecule has 2 aromatic carbocycles. The van der Waals surface area contributed by atoms with Crippen molar-refractivity contribution in [3.63, 3.8) is 0 Å². The number of hydrogen-bond donors (Lipinski definition) is 2. The van der Waals surface area contributed by atoms with Crippen LogP contribution in [0.4, 0.5) is 45.2 Å². The smallest absolute Gasteiger partial charge is 0.423 e. The van der Waals surface area contributed by atoms with Crippen molar-refractivity contribution in [2.45, 2.75) is 70.7 Å². The molecule has 0 saturated carbocycles. The lowest BCUT2D eigenvalue weighted by Crippen LogP contribution is -2.35. The van der Waals surface area contributed by atoms with E-state index >= 15 is 0 Å². The average Bonchev–Trinajstić information content (AvgIpc) is 2.88. The van der Waals surface area contributed by atoms with Gasteiger partial charge in [-0.15, -0.1) is 0 Å². The Morgan fingerprint density at radius 3 is 2.00 bits per heavy atom. The van der Waals surface area contributed by atoms with Crippen molar-refractivity contribution in [2.24, 2.45) is 5.41 Å². The van der Waals surface area contributed by atoms with Crippen molar-refractivity contribution >= 4 is 11.3 Å². The number of ether oxygens (including phenoxy) is 1. The number of alkyl halides is 9. The summed E-state index contributed by atoms with van der Waals surface area (Å²) in [4.78, 5) is 10.4. The molecule has 2 atom stereocenters. The molecule has 0 amide bonds. The lowest BCUT2D eigenvalue weighted by Gasteiger charge is -2.35. The minimum absolute atomic E-state index is 0.0495. The van der Waals surface area contributed by atoms with Gasteiger partial charge in [0.1, 0.15) is 11.3 Å². The van der Waals surface area contributed by atoms with Crippen LogP contribution in [0.1, 0.15) is 74.0 Å². The maximum atomic E-state index is 13.6. The largest absolute Gasteiger partial charge is 0.496 e. The van der Waals surface area contributed by atoms with Crippen LogP contribution >= 0.6 is 0 Å². The Hall–Kier alpha value is -3.33. The highest BCUT2D eigenvalue weighted by Gasteiger charge is 2.41. The molecule has 238 valence electrons. The third-order valence-corrected chi connectivity index (χ3v) is 7.38. The summed E-state index contributed by atoms with van der Waals surface area (Å²) in [5, 5.41) is 25.2. The van der Waals surface area contributed by atoms with E-state index in [9.17, 15) is 54.7 Å². The van der Waals surface area contributed by atoms with Gasteiger partial charge >= 0.3 is 18.5 Å². The van der Waals surface area contributed by atoms with E-state index in [1.165, 1.54) is 6.92 Å². The van der Waals surface area contributed by atoms with Crippen LogP contribution in [0.15, 0.2) is 35.9 Å². The zero-order chi connectivity index (χ0) is 32.7. The van der Waals surface area contributed by atoms with Crippen LogP contribution in [0.25, 0.3) is 5.57 Å². The summed E-state index contributed by atoms with van der Waals surface area (Å²) in [5.74, 6) is -0.262. The Bertz CT molecular complexity index is 1360. The number of aliphatic hydroxyl groups excluding tert-OH is 1. The molecule has 0 heterocycles. The molecule has 0 radical (unpaired) electrons. The summed E-state index contributed by atoms with van der Waals surface area (Å²) in [6, 6.07) is 1.05. The molecule has 0 bridgehead atoms. The molecule has 2 aromatic rings. The molecule has 1 aliphatic carbocycles. The third-order valence-electron chi connectivity index (χ3n) is 7.38. The second-order valence-electron chi connectivity index (χ2n) is 11.2. The highest BCUT2D eigenvalue weighted by Crippen LogP contribution is 2.48. The second kappa shape index (κ2) is 12.0. The predicted octanol–water partition coefficient (Wildman–Crippen LogP) is 8.34. The van der Waals surface area contributed by atoms with Crippen LogP contribution in [-0.2, 0) is 18.5 Å². The van der Waals surface area contributed by atoms with E-state index in [-0.39, 0.29) is 35.8 Å². The van der Waals surface area contributed by atoms with Gasteiger partial charge in [0.2, 0.25) is 0 Å². The molecule has 0 fully saturated rings. The van der Waals surface area contributed by atoms with E-state index in [2.05, 4.69) is 5.32 Å². The number of hydrogen-bond acceptors (Lipinski definition) is 5. The number of nitro groups is 1. The van der Waals surface area contributed by atoms with Gasteiger partial charge in [0.15, 0.2) is 0 Å². The molecule has 0 aromatic heterocycles. The highest BCUT2D eigenvalue weighted by molar-refractivity contribution is 5.77. The standard InChI is InChI=1S/C28H29F9N2O4/c1-14(24(40)15-7-17(26(29,30)31)9-18(8-15)27(32,33)34)38-13-16-12-25(2,3)6-5-19(16)20-10-22(39(41)42)21(28(35,36)37)11-23(20)43-4/h7-11,14,24,38,40H,5-6,12-13H2,1-4H3/t14-,24-/m0/s1. The highest BCUT2D eigenvalue weighted by atomic mass is 19.4. The van der Waals surface area contributed by atoms with Crippen molar-refractivity contribution < 1.29 is 54.3 Å². The van der Waals surface area contributed by atoms with E-state index in [0.29, 0.717) is 42.2 Å². The summed E-state index contributed by atoms with van der Waals surface area (Å²) in [7, 11) is 1.11. The van der Waals surface area contributed by atoms with Crippen molar-refractivity contribution in [3.05, 3.63) is 73.8 Å². The van der Waals surface area contributed by atoms with Crippen LogP contribution in [0, 0.1) is 15.5 Å². The summed E-state index contributed by atoms with van der Waals surface area (Å²) in [5.41, 5.74) is -5.72. The average molecular weight is 629 g/mol. The Kier molecular flexibility index (Phi) is 9.52. The number of aliphatic hydroxyl groups is 1. The summed E-state index contributed by atoms with van der Waals surface area (Å²) in [6.07, 6.45) is -15.9. The zero-order valence-electron chi connectivity index (χ0n) is 23.4. The van der Waals surface area contributed by atoms with Gasteiger partial charge in [0.25, 0.3) is 5.69 Å². The Morgan fingerprint density at radius 1 is 0.977 bits per heavy atom. The van der Waals surface area contributed by atoms with Crippen LogP contribution in [0.5, 0.6) is 5.75 Å². The van der Waals surface area contributed by atoms with Gasteiger partial charge in [0, 0.05) is 24.2 Å². The number of nitrogens with one attached hydrogen (secondary N) is 1. The maximum absolute atomic E-state index is 13.6. The molecular weight excluding hydrogens is 599 g/mol. The molecule has 0 saturated heterocycles. The first kappa shape index (κ1) is 34.2. The summed E-state index contributed by atoms with van der Waals surface area (Å²) in [6.45, 7) is 5.08. The van der Waals surface area contributed by atoms with Crippen molar-refractivity contribution in [1.82, 2.24) is 5.32 Å². The Labute approximate surface area is 240 Å². The molecule has 2 N–H and O–H groups in total. The van der Waals surface area contributed by atoms with E-state index in [0.717, 1.165) is 13.2 Å². The number of methoxy groups -OCH3 is 1. The number of nitro benzene ring substituents is 1. The molecule has 1 aliphatic rings. The topological polar surface area (TPSA) is 84.6 Å². The zero-order valence-corrected chi connectivity index (χ0v) is 23.4. The normalized spacial score (nSPS) is 17.5. The summed E-state index contributed by atoms with van der Waals surface area (Å²) < 4.78 is 126. The first-order valence-corrected chi connectivity index (χ1v) is 12.9. The monoisotopic (exact) mass is 628 g/mol. The van der Waals surface area contributed by atoms with E-state index in [4.69, 9.17) is 4.74 Å². The van der Waals surface area contributed by atoms with Crippen molar-refractivity contribution in [3.8, 4) is 5.75 Å². The van der Waals surface area contributed by atoms with E-state index < -0.39 is 63.5 Å². The third kappa shape index (κ3) is 7.99. The van der Waals surface area contributed by atoms with Crippen LogP contribution in [0.3, 0.4) is 0 Å². The first-order chi connectivity index (χ1) is 19.5. The molecule has 6 nitrogen and oxygen atoms in total. The molecule has 3 rings (SSSR count). The van der Waals surface area contributed by atoms with Gasteiger partial charge in [-0.05, 0) is 67.0 Å². The predicted molar refractivity (Wildman–Crippen MR) is 138 cm³/mol. The number of rotatable bonds is 8. The van der Waals surface area contributed by atoms with Crippen molar-refractivity contribution in [1.29, 1.82) is 0 Å². The fourth-order valence-corrected chi connectivity index (χ4v) is 5.09. The van der Waals surface area contributed by atoms with E-state index in [1.54, 1.807) is 0 Å². The van der Waals surface area contributed by atoms with Gasteiger partial charge < -0.3 is 15.2 Å². The minimum atomic E-state index is -5.11. The molecule has 0 unspecified atom stereocenters. The Morgan fingerprint density at radius 2 is 1.53 bits per heavy atom. The first-order valence-electron chi connectivity index (χ1n) is 12.9. The van der Waals surface area contributed by atoms with Crippen LogP contribution in [0.2, 0.25) is 0 Å². The molecule has 0 spiro atoms. The number of nitrogens with zero attached hydrogens (tertiary/aromatic N) is 1. The SMILES string of the molecule is COc1cc(C(F)(F)F)c([N+](=O)[O-])cc1C1=C(CN[C@@H](C)[C@H](O)c2cc(C(F)(F)F)cc(C(F)(F)F)c2)CC(C)(C)CC1. The molecule has 15 heteroatoms. The van der Waals surface area contributed by atoms with Gasteiger partial charge in [-0.1, -0.05) is 19.4 Å². The van der Waals surface area contributed by atoms with E-state index in [1.807, 2.05) is 13.8 Å². The molecular formula is C28H29F9N2O4. The van der Waals surface area contributed by atoms with Gasteiger partial charge in [0.05, 0.1) is 29.3 Å². The second-order valence-corrected chi connectivity index (χ2v) is 11.2. The van der Waals surface area contributed by atoms with Crippen LogP contribution in [-0.4, -0.2) is 29.7 Å². The Balaban J connectivity index is 2.03. The quantitative estimate of drug-likeness (QED) is 0.175. The van der Waals surface area contributed by atoms with Gasteiger partial charge in [-0.2, -0.15) is 39.5 Å². The summed E-state index contributed by atoms with van der Waals surface area (Å²) >= 11 is 0. The van der Waals surface area contributed by atoms with Crippen molar-refractivity contribution in [2.75, 3.05) is 13.7 Å². The lowest BCUT2D eigenvalue weighted by atomic mass is 9.72. The van der Waals surface area contributed by atoms with Crippen LogP contribution < -0.4 is 10.1 Å². The molecule has 0 aliphatic heterocycles. The van der Waals surface area contributed by atoms with Gasteiger partial charge in [-0.3, -0.25) is 10.1 Å². The number of benzene rings is 2. The van der Waals surface area contributed by atoms with Gasteiger partial charge in [-0.25, -0.2) is 0 Å². The number of halogens is 9. The fraction of sp³-hybridized carbons (Fsp3) is 0.500. The lowest BCUT2D eigenvalue weighted by molar-refractivity contribution is -0.388. The molecule has 43 heavy (non-hydrogen) atoms.